The number of nitrogens with one attached hydrogen (secondary N) is 1. The Bertz CT molecular complexity index is 385. The molecule has 1 spiro atoms. The minimum Gasteiger partial charge on any atom is -0.316 e. The van der Waals surface area contributed by atoms with Crippen molar-refractivity contribution in [2.24, 2.45) is 0 Å². The molecule has 3 rings (SSSR count). The molecular formula is C12H14FNS. The van der Waals surface area contributed by atoms with Crippen LogP contribution in [0.1, 0.15) is 18.4 Å². The molecule has 80 valence electrons. The van der Waals surface area contributed by atoms with Gasteiger partial charge in [-0.3, -0.25) is 0 Å². The third-order valence-electron chi connectivity index (χ3n) is 3.61. The third kappa shape index (κ3) is 1.41. The Morgan fingerprint density at radius 2 is 2.27 bits per heavy atom. The summed E-state index contributed by atoms with van der Waals surface area (Å²) in [7, 11) is 0. The second kappa shape index (κ2) is 3.49. The summed E-state index contributed by atoms with van der Waals surface area (Å²) in [5, 5.41) is 3.41. The van der Waals surface area contributed by atoms with Crippen LogP contribution in [0.2, 0.25) is 0 Å². The molecule has 1 saturated heterocycles. The molecule has 0 aliphatic carbocycles. The molecule has 2 aliphatic heterocycles. The summed E-state index contributed by atoms with van der Waals surface area (Å²) in [5.74, 6) is 1.01. The second-order valence-electron chi connectivity index (χ2n) is 4.42. The number of hydrogen-bond donors (Lipinski definition) is 1. The fraction of sp³-hybridized carbons (Fsp3) is 0.500. The molecule has 0 aromatic heterocycles. The molecule has 2 heterocycles. The van der Waals surface area contributed by atoms with Crippen LogP contribution in [-0.2, 0) is 5.41 Å². The van der Waals surface area contributed by atoms with E-state index in [1.54, 1.807) is 17.8 Å². The van der Waals surface area contributed by atoms with Gasteiger partial charge in [0.1, 0.15) is 5.82 Å². The molecule has 15 heavy (non-hydrogen) atoms. The molecule has 1 nitrogen and oxygen atoms in total. The third-order valence-corrected chi connectivity index (χ3v) is 4.72. The summed E-state index contributed by atoms with van der Waals surface area (Å²) in [6.07, 6.45) is 2.34. The monoisotopic (exact) mass is 223 g/mol. The summed E-state index contributed by atoms with van der Waals surface area (Å²) >= 11 is 1.67. The first kappa shape index (κ1) is 9.67. The second-order valence-corrected chi connectivity index (χ2v) is 5.53. The predicted octanol–water partition coefficient (Wildman–Crippen LogP) is 2.55. The Labute approximate surface area is 93.4 Å². The quantitative estimate of drug-likeness (QED) is 0.725. The number of thioether (sulfide) groups is 1. The summed E-state index contributed by atoms with van der Waals surface area (Å²) in [6, 6.07) is 5.53. The van der Waals surface area contributed by atoms with Crippen LogP contribution in [-0.4, -0.2) is 18.8 Å². The average molecular weight is 223 g/mol. The molecule has 3 heteroatoms. The smallest absolute Gasteiger partial charge is 0.137 e. The van der Waals surface area contributed by atoms with Gasteiger partial charge in [-0.05, 0) is 36.8 Å². The van der Waals surface area contributed by atoms with E-state index >= 15 is 0 Å². The molecule has 0 saturated carbocycles. The van der Waals surface area contributed by atoms with E-state index in [0.29, 0.717) is 0 Å². The highest BCUT2D eigenvalue weighted by molar-refractivity contribution is 7.99. The van der Waals surface area contributed by atoms with Gasteiger partial charge in [-0.25, -0.2) is 4.39 Å². The average Bonchev–Trinajstić information content (AvgIpc) is 2.70. The maximum Gasteiger partial charge on any atom is 0.137 e. The van der Waals surface area contributed by atoms with Gasteiger partial charge < -0.3 is 5.32 Å². The molecule has 1 fully saturated rings. The van der Waals surface area contributed by atoms with Crippen molar-refractivity contribution in [3.8, 4) is 0 Å². The van der Waals surface area contributed by atoms with Crippen molar-refractivity contribution >= 4 is 11.8 Å². The van der Waals surface area contributed by atoms with Gasteiger partial charge in [-0.1, -0.05) is 12.1 Å². The van der Waals surface area contributed by atoms with Crippen LogP contribution >= 0.6 is 11.8 Å². The normalized spacial score (nSPS) is 29.4. The molecular weight excluding hydrogens is 209 g/mol. The molecule has 0 radical (unpaired) electrons. The van der Waals surface area contributed by atoms with Crippen molar-refractivity contribution in [2.45, 2.75) is 23.2 Å². The summed E-state index contributed by atoms with van der Waals surface area (Å²) in [4.78, 5) is 0.896. The van der Waals surface area contributed by atoms with Crippen molar-refractivity contribution in [1.82, 2.24) is 5.32 Å². The van der Waals surface area contributed by atoms with E-state index in [4.69, 9.17) is 0 Å². The topological polar surface area (TPSA) is 12.0 Å². The lowest BCUT2D eigenvalue weighted by Crippen LogP contribution is -2.32. The van der Waals surface area contributed by atoms with Crippen molar-refractivity contribution < 1.29 is 4.39 Å². The maximum atomic E-state index is 13.7. The van der Waals surface area contributed by atoms with E-state index in [1.807, 2.05) is 6.07 Å². The summed E-state index contributed by atoms with van der Waals surface area (Å²) in [5.41, 5.74) is 1.46. The number of hydrogen-bond acceptors (Lipinski definition) is 2. The summed E-state index contributed by atoms with van der Waals surface area (Å²) in [6.45, 7) is 2.09. The Hall–Kier alpha value is -0.540. The van der Waals surface area contributed by atoms with E-state index in [-0.39, 0.29) is 11.2 Å². The van der Waals surface area contributed by atoms with Gasteiger partial charge in [0.25, 0.3) is 0 Å². The number of fused-ring (bicyclic) bond motifs is 2. The van der Waals surface area contributed by atoms with Crippen LogP contribution in [0, 0.1) is 5.82 Å². The van der Waals surface area contributed by atoms with Crippen molar-refractivity contribution in [3.63, 3.8) is 0 Å². The molecule has 1 unspecified atom stereocenters. The Morgan fingerprint density at radius 1 is 1.33 bits per heavy atom. The molecule has 2 aliphatic rings. The Morgan fingerprint density at radius 3 is 3.07 bits per heavy atom. The molecule has 0 amide bonds. The molecule has 1 aromatic carbocycles. The zero-order chi connectivity index (χ0) is 10.3. The maximum absolute atomic E-state index is 13.7. The number of benzene rings is 1. The zero-order valence-corrected chi connectivity index (χ0v) is 9.37. The van der Waals surface area contributed by atoms with Gasteiger partial charge >= 0.3 is 0 Å². The fourth-order valence-corrected chi connectivity index (χ4v) is 4.09. The highest BCUT2D eigenvalue weighted by atomic mass is 32.2. The van der Waals surface area contributed by atoms with Crippen molar-refractivity contribution in [2.75, 3.05) is 18.8 Å². The Kier molecular flexibility index (Phi) is 2.25. The molecule has 0 bridgehead atoms. The van der Waals surface area contributed by atoms with Crippen LogP contribution in [0.25, 0.3) is 0 Å². The molecule has 1 N–H and O–H groups in total. The lowest BCUT2D eigenvalue weighted by Gasteiger charge is -2.34. The zero-order valence-electron chi connectivity index (χ0n) is 8.55. The highest BCUT2D eigenvalue weighted by Crippen LogP contribution is 2.45. The largest absolute Gasteiger partial charge is 0.316 e. The van der Waals surface area contributed by atoms with Gasteiger partial charge in [0.05, 0.1) is 0 Å². The van der Waals surface area contributed by atoms with Crippen LogP contribution in [0.15, 0.2) is 23.1 Å². The van der Waals surface area contributed by atoms with E-state index in [1.165, 1.54) is 12.0 Å². The van der Waals surface area contributed by atoms with Gasteiger partial charge in [-0.15, -0.1) is 11.8 Å². The predicted molar refractivity (Wildman–Crippen MR) is 60.9 cm³/mol. The number of rotatable bonds is 0. The standard InChI is InChI=1S/C12H14FNS/c13-10-3-1-2-9-11(10)15-7-5-12(9)4-6-14-8-12/h1-3,14H,4-8H2. The molecule has 1 aromatic rings. The number of halogens is 1. The molecule has 1 atom stereocenters. The van der Waals surface area contributed by atoms with Crippen LogP contribution in [0.4, 0.5) is 4.39 Å². The first-order valence-corrected chi connectivity index (χ1v) is 6.43. The van der Waals surface area contributed by atoms with E-state index in [2.05, 4.69) is 11.4 Å². The highest BCUT2D eigenvalue weighted by Gasteiger charge is 2.40. The van der Waals surface area contributed by atoms with Gasteiger partial charge in [-0.2, -0.15) is 0 Å². The van der Waals surface area contributed by atoms with E-state index in [0.717, 1.165) is 30.2 Å². The van der Waals surface area contributed by atoms with Crippen LogP contribution < -0.4 is 5.32 Å². The van der Waals surface area contributed by atoms with E-state index in [9.17, 15) is 4.39 Å². The lowest BCUT2D eigenvalue weighted by atomic mass is 9.77. The van der Waals surface area contributed by atoms with Gasteiger partial charge in [0, 0.05) is 16.9 Å². The van der Waals surface area contributed by atoms with Crippen LogP contribution in [0.3, 0.4) is 0 Å². The van der Waals surface area contributed by atoms with Gasteiger partial charge in [0.2, 0.25) is 0 Å². The first-order chi connectivity index (χ1) is 7.32. The van der Waals surface area contributed by atoms with E-state index < -0.39 is 0 Å². The van der Waals surface area contributed by atoms with Crippen molar-refractivity contribution in [3.05, 3.63) is 29.6 Å². The Balaban J connectivity index is 2.14. The first-order valence-electron chi connectivity index (χ1n) is 5.44. The van der Waals surface area contributed by atoms with Crippen molar-refractivity contribution in [1.29, 1.82) is 0 Å². The minimum absolute atomic E-state index is 0.0384. The lowest BCUT2D eigenvalue weighted by molar-refractivity contribution is 0.434. The van der Waals surface area contributed by atoms with Crippen LogP contribution in [0.5, 0.6) is 0 Å². The summed E-state index contributed by atoms with van der Waals surface area (Å²) < 4.78 is 13.7. The van der Waals surface area contributed by atoms with Gasteiger partial charge in [0.15, 0.2) is 0 Å². The fourth-order valence-electron chi connectivity index (χ4n) is 2.74. The minimum atomic E-state index is -0.0384. The SMILES string of the molecule is Fc1cccc2c1SCCC21CCNC1.